The molecule has 0 spiro atoms. The van der Waals surface area contributed by atoms with E-state index >= 15 is 0 Å². The number of benzene rings is 1. The van der Waals surface area contributed by atoms with Gasteiger partial charge >= 0.3 is 0 Å². The van der Waals surface area contributed by atoms with Crippen molar-refractivity contribution in [2.24, 2.45) is 7.05 Å². The maximum atomic E-state index is 12.4. The van der Waals surface area contributed by atoms with Crippen LogP contribution >= 0.6 is 0 Å². The van der Waals surface area contributed by atoms with E-state index in [1.807, 2.05) is 17.7 Å². The molecule has 0 radical (unpaired) electrons. The first-order valence-electron chi connectivity index (χ1n) is 8.36. The Morgan fingerprint density at radius 1 is 1.20 bits per heavy atom. The minimum atomic E-state index is -0.222. The van der Waals surface area contributed by atoms with Crippen molar-refractivity contribution in [3.8, 4) is 11.4 Å². The zero-order valence-electron chi connectivity index (χ0n) is 14.0. The molecule has 2 aromatic heterocycles. The number of hydrogen-bond acceptors (Lipinski definition) is 4. The minimum absolute atomic E-state index is 0.182. The lowest BCUT2D eigenvalue weighted by Crippen LogP contribution is -2.43. The molecule has 0 unspecified atom stereocenters. The molecule has 1 N–H and O–H groups in total. The Hall–Kier alpha value is -3.02. The van der Waals surface area contributed by atoms with E-state index in [1.54, 1.807) is 24.8 Å². The van der Waals surface area contributed by atoms with Crippen molar-refractivity contribution in [3.63, 3.8) is 0 Å². The van der Waals surface area contributed by atoms with Crippen LogP contribution in [0.1, 0.15) is 34.9 Å². The van der Waals surface area contributed by atoms with Gasteiger partial charge in [0.05, 0.1) is 23.9 Å². The number of carbonyl (C=O) groups is 1. The van der Waals surface area contributed by atoms with E-state index < -0.39 is 0 Å². The van der Waals surface area contributed by atoms with Crippen LogP contribution in [-0.4, -0.2) is 31.5 Å². The molecule has 6 nitrogen and oxygen atoms in total. The number of aryl methyl sites for hydroxylation is 1. The third-order valence-corrected chi connectivity index (χ3v) is 4.68. The molecule has 126 valence electrons. The monoisotopic (exact) mass is 333 g/mol. The SMILES string of the molecule is Cn1cncc1-c1ccnc(C(=O)N[C@H]2C[C@H](c3ccccc3)C2)n1. The highest BCUT2D eigenvalue weighted by molar-refractivity contribution is 5.91. The molecule has 1 aliphatic carbocycles. The molecule has 2 heterocycles. The summed E-state index contributed by atoms with van der Waals surface area (Å²) < 4.78 is 1.86. The van der Waals surface area contributed by atoms with E-state index in [2.05, 4.69) is 44.5 Å². The standard InChI is InChI=1S/C19H19N5O/c1-24-12-20-11-17(24)16-7-8-21-18(23-16)19(25)22-15-9-14(10-15)13-5-3-2-4-6-13/h2-8,11-12,14-15H,9-10H2,1H3,(H,22,25)/t14-,15-. The Morgan fingerprint density at radius 3 is 2.72 bits per heavy atom. The number of carbonyl (C=O) groups excluding carboxylic acids is 1. The van der Waals surface area contributed by atoms with Gasteiger partial charge in [-0.1, -0.05) is 30.3 Å². The number of amides is 1. The van der Waals surface area contributed by atoms with Gasteiger partial charge in [-0.05, 0) is 30.4 Å². The minimum Gasteiger partial charge on any atom is -0.347 e. The van der Waals surface area contributed by atoms with Gasteiger partial charge in [0.2, 0.25) is 5.82 Å². The molecule has 0 aliphatic heterocycles. The lowest BCUT2D eigenvalue weighted by atomic mass is 9.76. The summed E-state index contributed by atoms with van der Waals surface area (Å²) in [7, 11) is 1.89. The van der Waals surface area contributed by atoms with Gasteiger partial charge in [-0.25, -0.2) is 15.0 Å². The summed E-state index contributed by atoms with van der Waals surface area (Å²) in [5, 5.41) is 3.03. The molecule has 1 amide bonds. The van der Waals surface area contributed by atoms with Crippen molar-refractivity contribution in [1.29, 1.82) is 0 Å². The number of imidazole rings is 1. The van der Waals surface area contributed by atoms with Gasteiger partial charge in [-0.15, -0.1) is 0 Å². The molecule has 0 bridgehead atoms. The second-order valence-corrected chi connectivity index (χ2v) is 6.40. The summed E-state index contributed by atoms with van der Waals surface area (Å²) >= 11 is 0. The topological polar surface area (TPSA) is 72.7 Å². The van der Waals surface area contributed by atoms with Crippen molar-refractivity contribution in [2.45, 2.75) is 24.8 Å². The molecule has 4 rings (SSSR count). The fourth-order valence-electron chi connectivity index (χ4n) is 3.20. The number of aromatic nitrogens is 4. The van der Waals surface area contributed by atoms with Crippen molar-refractivity contribution in [2.75, 3.05) is 0 Å². The van der Waals surface area contributed by atoms with Gasteiger partial charge in [0.15, 0.2) is 0 Å². The van der Waals surface area contributed by atoms with Crippen molar-refractivity contribution in [1.82, 2.24) is 24.8 Å². The highest BCUT2D eigenvalue weighted by Gasteiger charge is 2.31. The Kier molecular flexibility index (Phi) is 4.01. The largest absolute Gasteiger partial charge is 0.347 e. The Bertz CT molecular complexity index is 884. The van der Waals surface area contributed by atoms with E-state index in [1.165, 1.54) is 5.56 Å². The Labute approximate surface area is 146 Å². The highest BCUT2D eigenvalue weighted by Crippen LogP contribution is 2.36. The number of rotatable bonds is 4. The van der Waals surface area contributed by atoms with E-state index in [-0.39, 0.29) is 17.8 Å². The van der Waals surface area contributed by atoms with Crippen molar-refractivity contribution in [3.05, 3.63) is 66.5 Å². The van der Waals surface area contributed by atoms with Crippen LogP contribution in [0.2, 0.25) is 0 Å². The van der Waals surface area contributed by atoms with Crippen LogP contribution in [0.3, 0.4) is 0 Å². The Morgan fingerprint density at radius 2 is 2.00 bits per heavy atom. The zero-order valence-corrected chi connectivity index (χ0v) is 14.0. The van der Waals surface area contributed by atoms with E-state index in [0.717, 1.165) is 18.5 Å². The predicted molar refractivity (Wildman–Crippen MR) is 93.9 cm³/mol. The summed E-state index contributed by atoms with van der Waals surface area (Å²) in [6, 6.07) is 12.4. The summed E-state index contributed by atoms with van der Waals surface area (Å²) in [6.45, 7) is 0. The van der Waals surface area contributed by atoms with Gasteiger partial charge in [0.1, 0.15) is 0 Å². The molecule has 1 saturated carbocycles. The Balaban J connectivity index is 1.40. The van der Waals surface area contributed by atoms with Crippen LogP contribution in [0.4, 0.5) is 0 Å². The van der Waals surface area contributed by atoms with Crippen LogP contribution in [0, 0.1) is 0 Å². The first-order valence-corrected chi connectivity index (χ1v) is 8.36. The molecule has 25 heavy (non-hydrogen) atoms. The molecule has 0 atom stereocenters. The first-order chi connectivity index (χ1) is 12.2. The summed E-state index contributed by atoms with van der Waals surface area (Å²) in [5.41, 5.74) is 2.88. The average molecular weight is 333 g/mol. The molecule has 3 aromatic rings. The van der Waals surface area contributed by atoms with Crippen molar-refractivity contribution < 1.29 is 4.79 Å². The maximum Gasteiger partial charge on any atom is 0.289 e. The fraction of sp³-hybridized carbons (Fsp3) is 0.263. The molecule has 1 aliphatic rings. The van der Waals surface area contributed by atoms with Crippen LogP contribution in [0.15, 0.2) is 55.1 Å². The van der Waals surface area contributed by atoms with E-state index in [4.69, 9.17) is 0 Å². The van der Waals surface area contributed by atoms with Crippen LogP contribution in [0.5, 0.6) is 0 Å². The quantitative estimate of drug-likeness (QED) is 0.796. The molecular weight excluding hydrogens is 314 g/mol. The summed E-state index contributed by atoms with van der Waals surface area (Å²) in [5.74, 6) is 0.496. The number of hydrogen-bond donors (Lipinski definition) is 1. The van der Waals surface area contributed by atoms with Gasteiger partial charge in [0.25, 0.3) is 5.91 Å². The normalized spacial score (nSPS) is 19.2. The van der Waals surface area contributed by atoms with Crippen molar-refractivity contribution >= 4 is 5.91 Å². The maximum absolute atomic E-state index is 12.4. The summed E-state index contributed by atoms with van der Waals surface area (Å²) in [4.78, 5) is 25.0. The van der Waals surface area contributed by atoms with Gasteiger partial charge in [-0.3, -0.25) is 4.79 Å². The average Bonchev–Trinajstić information content (AvgIpc) is 3.04. The zero-order chi connectivity index (χ0) is 17.2. The van der Waals surface area contributed by atoms with E-state index in [9.17, 15) is 4.79 Å². The summed E-state index contributed by atoms with van der Waals surface area (Å²) in [6.07, 6.45) is 6.95. The number of nitrogens with zero attached hydrogens (tertiary/aromatic N) is 4. The molecule has 0 saturated heterocycles. The third kappa shape index (κ3) is 3.15. The fourth-order valence-corrected chi connectivity index (χ4v) is 3.20. The number of nitrogens with one attached hydrogen (secondary N) is 1. The molecule has 6 heteroatoms. The van der Waals surface area contributed by atoms with Gasteiger partial charge in [0, 0.05) is 19.3 Å². The predicted octanol–water partition coefficient (Wildman–Crippen LogP) is 2.55. The van der Waals surface area contributed by atoms with Crippen LogP contribution in [0.25, 0.3) is 11.4 Å². The smallest absolute Gasteiger partial charge is 0.289 e. The van der Waals surface area contributed by atoms with Gasteiger partial charge < -0.3 is 9.88 Å². The first kappa shape index (κ1) is 15.5. The second kappa shape index (κ2) is 6.47. The molecule has 1 fully saturated rings. The lowest BCUT2D eigenvalue weighted by Gasteiger charge is -2.36. The highest BCUT2D eigenvalue weighted by atomic mass is 16.2. The third-order valence-electron chi connectivity index (χ3n) is 4.68. The molecular formula is C19H19N5O. The van der Waals surface area contributed by atoms with Crippen LogP contribution < -0.4 is 5.32 Å². The van der Waals surface area contributed by atoms with Crippen LogP contribution in [-0.2, 0) is 7.05 Å². The van der Waals surface area contributed by atoms with Gasteiger partial charge in [-0.2, -0.15) is 0 Å². The molecule has 1 aromatic carbocycles. The lowest BCUT2D eigenvalue weighted by molar-refractivity contribution is 0.0898. The van der Waals surface area contributed by atoms with E-state index in [0.29, 0.717) is 11.6 Å². The second-order valence-electron chi connectivity index (χ2n) is 6.40.